The molecule has 55 heavy (non-hydrogen) atoms. The van der Waals surface area contributed by atoms with Gasteiger partial charge in [-0.3, -0.25) is 0 Å². The van der Waals surface area contributed by atoms with Crippen molar-refractivity contribution >= 4 is 27.8 Å². The van der Waals surface area contributed by atoms with Gasteiger partial charge >= 0.3 is 0 Å². The molecule has 11 rings (SSSR count). The molecule has 1 atom stereocenters. The second kappa shape index (κ2) is 12.5. The maximum absolute atomic E-state index is 6.82. The predicted octanol–water partition coefficient (Wildman–Crippen LogP) is 14.1. The Morgan fingerprint density at radius 1 is 0.364 bits per heavy atom. The minimum Gasteiger partial charge on any atom is -0.457 e. The van der Waals surface area contributed by atoms with E-state index in [1.807, 2.05) is 0 Å². The van der Waals surface area contributed by atoms with Crippen LogP contribution < -0.4 is 9.64 Å². The van der Waals surface area contributed by atoms with Gasteiger partial charge < -0.3 is 9.64 Å². The zero-order chi connectivity index (χ0) is 36.3. The summed E-state index contributed by atoms with van der Waals surface area (Å²) in [6.07, 6.45) is 0. The summed E-state index contributed by atoms with van der Waals surface area (Å²) in [5.74, 6) is 1.79. The summed E-state index contributed by atoms with van der Waals surface area (Å²) in [5, 5.41) is 2.40. The highest BCUT2D eigenvalue weighted by Crippen LogP contribution is 2.65. The van der Waals surface area contributed by atoms with Crippen LogP contribution in [-0.2, 0) is 5.41 Å². The first kappa shape index (κ1) is 31.4. The first-order valence-electron chi connectivity index (χ1n) is 18.9. The van der Waals surface area contributed by atoms with Gasteiger partial charge in [0.15, 0.2) is 0 Å². The van der Waals surface area contributed by atoms with E-state index in [1.54, 1.807) is 0 Å². The monoisotopic (exact) mass is 701 g/mol. The molecule has 0 saturated carbocycles. The van der Waals surface area contributed by atoms with Gasteiger partial charge in [0.05, 0.1) is 16.8 Å². The number of anilines is 3. The van der Waals surface area contributed by atoms with E-state index in [0.29, 0.717) is 0 Å². The second-order valence-electron chi connectivity index (χ2n) is 14.4. The molecular formula is C53H35NO. The van der Waals surface area contributed by atoms with Crippen molar-refractivity contribution in [2.24, 2.45) is 0 Å². The van der Waals surface area contributed by atoms with Gasteiger partial charge in [0.25, 0.3) is 0 Å². The highest BCUT2D eigenvalue weighted by molar-refractivity contribution is 6.03. The SMILES string of the molecule is c1ccc(-c2ccc(N(c3ccccc3-c3ccccc3)c3cccc4c3-c3ccccc3C43c4ccccc4Oc4ccc5ccccc5c43)cc2)cc1. The van der Waals surface area contributed by atoms with Crippen molar-refractivity contribution in [1.82, 2.24) is 0 Å². The second-order valence-corrected chi connectivity index (χ2v) is 14.4. The third-order valence-electron chi connectivity index (χ3n) is 11.5. The maximum atomic E-state index is 6.82. The first-order valence-corrected chi connectivity index (χ1v) is 18.9. The summed E-state index contributed by atoms with van der Waals surface area (Å²) in [5.41, 5.74) is 14.8. The van der Waals surface area contributed by atoms with Crippen molar-refractivity contribution in [3.63, 3.8) is 0 Å². The predicted molar refractivity (Wildman–Crippen MR) is 227 cm³/mol. The Labute approximate surface area is 321 Å². The molecule has 1 aliphatic carbocycles. The van der Waals surface area contributed by atoms with Gasteiger partial charge in [-0.15, -0.1) is 0 Å². The number of benzene rings is 9. The zero-order valence-corrected chi connectivity index (χ0v) is 30.1. The zero-order valence-electron chi connectivity index (χ0n) is 30.1. The molecule has 0 aromatic heterocycles. The van der Waals surface area contributed by atoms with E-state index in [2.05, 4.69) is 217 Å². The van der Waals surface area contributed by atoms with Crippen LogP contribution in [0.1, 0.15) is 22.3 Å². The molecule has 0 amide bonds. The average Bonchev–Trinajstić information content (AvgIpc) is 3.55. The Morgan fingerprint density at radius 2 is 0.964 bits per heavy atom. The Hall–Kier alpha value is -7.16. The maximum Gasteiger partial charge on any atom is 0.132 e. The summed E-state index contributed by atoms with van der Waals surface area (Å²) < 4.78 is 6.82. The summed E-state index contributed by atoms with van der Waals surface area (Å²) in [7, 11) is 0. The first-order chi connectivity index (χ1) is 27.3. The molecule has 258 valence electrons. The number of fused-ring (bicyclic) bond motifs is 11. The number of hydrogen-bond donors (Lipinski definition) is 0. The number of ether oxygens (including phenoxy) is 1. The van der Waals surface area contributed by atoms with Crippen LogP contribution in [0.5, 0.6) is 11.5 Å². The van der Waals surface area contributed by atoms with Crippen molar-refractivity contribution in [2.45, 2.75) is 5.41 Å². The molecule has 0 N–H and O–H groups in total. The van der Waals surface area contributed by atoms with Crippen LogP contribution in [0.3, 0.4) is 0 Å². The summed E-state index contributed by atoms with van der Waals surface area (Å²) in [4.78, 5) is 2.47. The van der Waals surface area contributed by atoms with Crippen molar-refractivity contribution in [3.8, 4) is 44.9 Å². The number of hydrogen-bond acceptors (Lipinski definition) is 2. The van der Waals surface area contributed by atoms with Gasteiger partial charge in [-0.05, 0) is 80.6 Å². The molecule has 0 fully saturated rings. The van der Waals surface area contributed by atoms with Crippen LogP contribution in [-0.4, -0.2) is 0 Å². The molecule has 9 aromatic rings. The van der Waals surface area contributed by atoms with E-state index in [-0.39, 0.29) is 0 Å². The van der Waals surface area contributed by atoms with Crippen LogP contribution in [0.2, 0.25) is 0 Å². The Balaban J connectivity index is 1.24. The quantitative estimate of drug-likeness (QED) is 0.177. The van der Waals surface area contributed by atoms with Crippen molar-refractivity contribution in [1.29, 1.82) is 0 Å². The molecule has 0 bridgehead atoms. The topological polar surface area (TPSA) is 12.5 Å². The van der Waals surface area contributed by atoms with Gasteiger partial charge in [0, 0.05) is 27.9 Å². The van der Waals surface area contributed by atoms with E-state index in [4.69, 9.17) is 4.74 Å². The molecule has 2 aliphatic rings. The van der Waals surface area contributed by atoms with E-state index >= 15 is 0 Å². The summed E-state index contributed by atoms with van der Waals surface area (Å²) in [6, 6.07) is 76.8. The van der Waals surface area contributed by atoms with E-state index in [0.717, 1.165) is 34.1 Å². The fourth-order valence-electron chi connectivity index (χ4n) is 9.27. The average molecular weight is 702 g/mol. The van der Waals surface area contributed by atoms with E-state index in [1.165, 1.54) is 60.8 Å². The number of nitrogens with zero attached hydrogens (tertiary/aromatic N) is 1. The van der Waals surface area contributed by atoms with Gasteiger partial charge in [0.2, 0.25) is 0 Å². The molecule has 2 nitrogen and oxygen atoms in total. The fourth-order valence-corrected chi connectivity index (χ4v) is 9.27. The highest BCUT2D eigenvalue weighted by Gasteiger charge is 2.52. The minimum absolute atomic E-state index is 0.616. The highest BCUT2D eigenvalue weighted by atomic mass is 16.5. The van der Waals surface area contributed by atoms with Crippen LogP contribution in [0.4, 0.5) is 17.1 Å². The molecule has 1 unspecified atom stereocenters. The fraction of sp³-hybridized carbons (Fsp3) is 0.0189. The molecule has 2 heteroatoms. The van der Waals surface area contributed by atoms with Gasteiger partial charge in [-0.25, -0.2) is 0 Å². The van der Waals surface area contributed by atoms with Crippen molar-refractivity contribution in [3.05, 3.63) is 235 Å². The standard InChI is InChI=1S/C53H35NO/c1-3-16-36(17-4-1)37-30-33-40(34-31-37)54(47-27-13-10-21-41(47)38-18-5-2-6-19-38)48-28-15-26-46-51(48)43-23-9-11-24-44(43)53(46)45-25-12-14-29-49(45)55-50-35-32-39-20-7-8-22-42(39)52(50)53/h1-35H. The smallest absolute Gasteiger partial charge is 0.132 e. The van der Waals surface area contributed by atoms with E-state index < -0.39 is 5.41 Å². The Morgan fingerprint density at radius 3 is 1.78 bits per heavy atom. The van der Waals surface area contributed by atoms with Crippen molar-refractivity contribution in [2.75, 3.05) is 4.90 Å². The molecule has 9 aromatic carbocycles. The van der Waals surface area contributed by atoms with Crippen LogP contribution in [0, 0.1) is 0 Å². The summed E-state index contributed by atoms with van der Waals surface area (Å²) >= 11 is 0. The third-order valence-corrected chi connectivity index (χ3v) is 11.5. The van der Waals surface area contributed by atoms with Gasteiger partial charge in [0.1, 0.15) is 11.5 Å². The molecule has 1 heterocycles. The Kier molecular flexibility index (Phi) is 7.11. The van der Waals surface area contributed by atoms with E-state index in [9.17, 15) is 0 Å². The van der Waals surface area contributed by atoms with Crippen LogP contribution >= 0.6 is 0 Å². The lowest BCUT2D eigenvalue weighted by Crippen LogP contribution is -2.32. The third kappa shape index (κ3) is 4.68. The van der Waals surface area contributed by atoms with Gasteiger partial charge in [-0.2, -0.15) is 0 Å². The lowest BCUT2D eigenvalue weighted by Gasteiger charge is -2.40. The van der Waals surface area contributed by atoms with Crippen LogP contribution in [0.15, 0.2) is 212 Å². The molecule has 1 spiro atoms. The Bertz CT molecular complexity index is 2900. The lowest BCUT2D eigenvalue weighted by atomic mass is 9.65. The summed E-state index contributed by atoms with van der Waals surface area (Å²) in [6.45, 7) is 0. The molecule has 1 aliphatic heterocycles. The number of para-hydroxylation sites is 2. The molecule has 0 saturated heterocycles. The molecule has 0 radical (unpaired) electrons. The normalized spacial score (nSPS) is 14.8. The van der Waals surface area contributed by atoms with Crippen LogP contribution in [0.25, 0.3) is 44.2 Å². The minimum atomic E-state index is -0.616. The molecular weight excluding hydrogens is 667 g/mol. The largest absolute Gasteiger partial charge is 0.457 e. The number of rotatable bonds is 5. The van der Waals surface area contributed by atoms with Crippen molar-refractivity contribution < 1.29 is 4.74 Å². The lowest BCUT2D eigenvalue weighted by molar-refractivity contribution is 0.438. The van der Waals surface area contributed by atoms with Gasteiger partial charge in [-0.1, -0.05) is 176 Å².